The molecule has 78 valence electrons. The fourth-order valence-corrected chi connectivity index (χ4v) is 1.19. The zero-order valence-electron chi connectivity index (χ0n) is 7.20. The number of amides is 1. The molecule has 0 radical (unpaired) electrons. The number of carbonyl (C=O) groups is 1. The summed E-state index contributed by atoms with van der Waals surface area (Å²) in [6, 6.07) is -0.714. The molecule has 0 saturated carbocycles. The van der Waals surface area contributed by atoms with Gasteiger partial charge in [0.25, 0.3) is 6.43 Å². The molecule has 5 nitrogen and oxygen atoms in total. The molecule has 0 saturated heterocycles. The van der Waals surface area contributed by atoms with Crippen LogP contribution >= 0.6 is 11.3 Å². The van der Waals surface area contributed by atoms with Crippen LogP contribution < -0.4 is 11.1 Å². The Labute approximate surface area is 82.3 Å². The molecule has 1 atom stereocenters. The molecule has 0 fully saturated rings. The van der Waals surface area contributed by atoms with Crippen molar-refractivity contribution in [2.75, 3.05) is 5.32 Å². The molecule has 3 N–H and O–H groups in total. The molecule has 14 heavy (non-hydrogen) atoms. The summed E-state index contributed by atoms with van der Waals surface area (Å²) in [5, 5.41) is 8.42. The molecular weight excluding hydrogens is 214 g/mol. The number of carbonyl (C=O) groups excluding carboxylic acids is 1. The Bertz CT molecular complexity index is 327. The van der Waals surface area contributed by atoms with Crippen LogP contribution in [-0.4, -0.2) is 22.1 Å². The molecule has 1 aromatic rings. The number of aromatic nitrogens is 2. The normalized spacial score (nSPS) is 12.9. The monoisotopic (exact) mass is 222 g/mol. The third-order valence-corrected chi connectivity index (χ3v) is 2.12. The summed E-state index contributed by atoms with van der Waals surface area (Å²) in [6.07, 6.45) is -2.67. The molecule has 1 amide bonds. The maximum Gasteiger partial charge on any atom is 0.291 e. The Morgan fingerprint density at radius 2 is 2.21 bits per heavy atom. The van der Waals surface area contributed by atoms with Gasteiger partial charge in [0.05, 0.1) is 6.04 Å². The molecule has 0 aliphatic rings. The summed E-state index contributed by atoms with van der Waals surface area (Å²) in [6.45, 7) is 1.48. The van der Waals surface area contributed by atoms with E-state index >= 15 is 0 Å². The highest BCUT2D eigenvalue weighted by Crippen LogP contribution is 2.24. The van der Waals surface area contributed by atoms with Gasteiger partial charge < -0.3 is 5.73 Å². The first-order valence-electron chi connectivity index (χ1n) is 3.68. The number of anilines is 1. The van der Waals surface area contributed by atoms with Crippen LogP contribution in [0.5, 0.6) is 0 Å². The molecule has 0 aliphatic heterocycles. The highest BCUT2D eigenvalue weighted by molar-refractivity contribution is 7.15. The van der Waals surface area contributed by atoms with E-state index in [1.54, 1.807) is 0 Å². The van der Waals surface area contributed by atoms with Crippen molar-refractivity contribution in [1.82, 2.24) is 10.2 Å². The smallest absolute Gasteiger partial charge is 0.291 e. The molecule has 0 aliphatic carbocycles. The summed E-state index contributed by atoms with van der Waals surface area (Å²) in [7, 11) is 0. The lowest BCUT2D eigenvalue weighted by atomic mass is 10.3. The Kier molecular flexibility index (Phi) is 3.42. The molecule has 1 rings (SSSR count). The molecule has 0 unspecified atom stereocenters. The van der Waals surface area contributed by atoms with E-state index in [1.165, 1.54) is 6.92 Å². The standard InChI is InChI=1S/C6H8F2N4OS/c1-2(9)4(13)10-6-12-11-5(14-6)3(7)8/h2-3H,9H2,1H3,(H,10,12,13)/t2-/m0/s1. The number of hydrogen-bond acceptors (Lipinski definition) is 5. The number of rotatable bonds is 3. The van der Waals surface area contributed by atoms with E-state index in [0.29, 0.717) is 11.3 Å². The van der Waals surface area contributed by atoms with Crippen molar-refractivity contribution in [2.24, 2.45) is 5.73 Å². The van der Waals surface area contributed by atoms with Crippen LogP contribution in [0.1, 0.15) is 18.4 Å². The lowest BCUT2D eigenvalue weighted by Crippen LogP contribution is -2.32. The average Bonchev–Trinajstić information content (AvgIpc) is 2.52. The first-order valence-corrected chi connectivity index (χ1v) is 4.50. The Morgan fingerprint density at radius 3 is 2.64 bits per heavy atom. The van der Waals surface area contributed by atoms with Gasteiger partial charge in [0.1, 0.15) is 0 Å². The first kappa shape index (κ1) is 10.9. The summed E-state index contributed by atoms with van der Waals surface area (Å²) in [5.74, 6) is -0.484. The van der Waals surface area contributed by atoms with Gasteiger partial charge in [-0.2, -0.15) is 0 Å². The van der Waals surface area contributed by atoms with Gasteiger partial charge in [-0.25, -0.2) is 8.78 Å². The van der Waals surface area contributed by atoms with Crippen molar-refractivity contribution in [3.8, 4) is 0 Å². The van der Waals surface area contributed by atoms with Crippen LogP contribution in [0.2, 0.25) is 0 Å². The van der Waals surface area contributed by atoms with Gasteiger partial charge in [-0.15, -0.1) is 10.2 Å². The lowest BCUT2D eigenvalue weighted by molar-refractivity contribution is -0.117. The number of nitrogens with zero attached hydrogens (tertiary/aromatic N) is 2. The number of hydrogen-bond donors (Lipinski definition) is 2. The van der Waals surface area contributed by atoms with Crippen LogP contribution in [-0.2, 0) is 4.79 Å². The van der Waals surface area contributed by atoms with E-state index in [4.69, 9.17) is 5.73 Å². The van der Waals surface area contributed by atoms with Crippen molar-refractivity contribution in [3.05, 3.63) is 5.01 Å². The molecule has 1 heterocycles. The van der Waals surface area contributed by atoms with Gasteiger partial charge >= 0.3 is 0 Å². The molecule has 8 heteroatoms. The van der Waals surface area contributed by atoms with Crippen molar-refractivity contribution < 1.29 is 13.6 Å². The van der Waals surface area contributed by atoms with E-state index in [9.17, 15) is 13.6 Å². The van der Waals surface area contributed by atoms with Crippen LogP contribution in [0.3, 0.4) is 0 Å². The van der Waals surface area contributed by atoms with E-state index < -0.39 is 23.4 Å². The Balaban J connectivity index is 2.64. The minimum atomic E-state index is -2.67. The maximum atomic E-state index is 12.0. The summed E-state index contributed by atoms with van der Waals surface area (Å²) >= 11 is 0.627. The highest BCUT2D eigenvalue weighted by Gasteiger charge is 2.16. The van der Waals surface area contributed by atoms with Gasteiger partial charge in [-0.05, 0) is 6.92 Å². The zero-order chi connectivity index (χ0) is 10.7. The largest absolute Gasteiger partial charge is 0.320 e. The van der Waals surface area contributed by atoms with Crippen LogP contribution in [0.15, 0.2) is 0 Å². The topological polar surface area (TPSA) is 80.9 Å². The third-order valence-electron chi connectivity index (χ3n) is 1.27. The van der Waals surface area contributed by atoms with Crippen molar-refractivity contribution in [2.45, 2.75) is 19.4 Å². The van der Waals surface area contributed by atoms with Gasteiger partial charge in [0, 0.05) is 0 Å². The van der Waals surface area contributed by atoms with Crippen molar-refractivity contribution in [3.63, 3.8) is 0 Å². The summed E-state index contributed by atoms with van der Waals surface area (Å²) in [4.78, 5) is 11.0. The van der Waals surface area contributed by atoms with Crippen LogP contribution in [0.4, 0.5) is 13.9 Å². The molecule has 0 bridgehead atoms. The first-order chi connectivity index (χ1) is 6.50. The fourth-order valence-electron chi connectivity index (χ4n) is 0.592. The zero-order valence-corrected chi connectivity index (χ0v) is 8.02. The molecule has 0 spiro atoms. The number of nitrogens with two attached hydrogens (primary N) is 1. The summed E-state index contributed by atoms with van der Waals surface area (Å²) in [5.41, 5.74) is 5.25. The second kappa shape index (κ2) is 4.38. The second-order valence-electron chi connectivity index (χ2n) is 2.52. The van der Waals surface area contributed by atoms with Crippen LogP contribution in [0, 0.1) is 0 Å². The minimum absolute atomic E-state index is 0.0302. The second-order valence-corrected chi connectivity index (χ2v) is 3.53. The van der Waals surface area contributed by atoms with E-state index in [2.05, 4.69) is 15.5 Å². The van der Waals surface area contributed by atoms with Gasteiger partial charge in [0.2, 0.25) is 11.0 Å². The molecular formula is C6H8F2N4OS. The SMILES string of the molecule is C[C@H](N)C(=O)Nc1nnc(C(F)F)s1. The fraction of sp³-hybridized carbons (Fsp3) is 0.500. The van der Waals surface area contributed by atoms with Gasteiger partial charge in [-0.3, -0.25) is 10.1 Å². The summed E-state index contributed by atoms with van der Waals surface area (Å²) < 4.78 is 24.1. The van der Waals surface area contributed by atoms with Crippen molar-refractivity contribution >= 4 is 22.4 Å². The Hall–Kier alpha value is -1.15. The highest BCUT2D eigenvalue weighted by atomic mass is 32.1. The Morgan fingerprint density at radius 1 is 1.57 bits per heavy atom. The minimum Gasteiger partial charge on any atom is -0.320 e. The number of nitrogens with one attached hydrogen (secondary N) is 1. The van der Waals surface area contributed by atoms with Gasteiger partial charge in [0.15, 0.2) is 5.01 Å². The van der Waals surface area contributed by atoms with E-state index in [-0.39, 0.29) is 5.13 Å². The van der Waals surface area contributed by atoms with Crippen molar-refractivity contribution in [1.29, 1.82) is 0 Å². The number of alkyl halides is 2. The third kappa shape index (κ3) is 2.67. The molecule has 1 aromatic heterocycles. The van der Waals surface area contributed by atoms with E-state index in [0.717, 1.165) is 0 Å². The van der Waals surface area contributed by atoms with Crippen LogP contribution in [0.25, 0.3) is 0 Å². The van der Waals surface area contributed by atoms with E-state index in [1.807, 2.05) is 0 Å². The number of halogens is 2. The average molecular weight is 222 g/mol. The predicted octanol–water partition coefficient (Wildman–Crippen LogP) is 0.761. The quantitative estimate of drug-likeness (QED) is 0.791. The predicted molar refractivity (Wildman–Crippen MR) is 47.1 cm³/mol. The lowest BCUT2D eigenvalue weighted by Gasteiger charge is -2.02. The molecule has 0 aromatic carbocycles. The van der Waals surface area contributed by atoms with Gasteiger partial charge in [-0.1, -0.05) is 11.3 Å². The maximum absolute atomic E-state index is 12.0.